The number of ether oxygens (including phenoxy) is 3. The van der Waals surface area contributed by atoms with Crippen LogP contribution in [-0.4, -0.2) is 66.7 Å². The minimum Gasteiger partial charge on any atom is -0.463 e. The van der Waals surface area contributed by atoms with E-state index in [1.165, 1.54) is 12.2 Å². The third kappa shape index (κ3) is 6.05. The average Bonchev–Trinajstić information content (AvgIpc) is 2.91. The standard InChI is InChI=1S/C26H29N3O8/c1-4-14-36-25(33)21-17(24(32)35-6-3)12-13-18-20(23(31)29(18)21)27-22(30)19(16-10-8-7-9-11-16)28-26(34)37-15-5-2/h4-5,7-11,18-20H,1-2,6,12-15H2,3H3,(H,27,30)(H,28,34)/t18-,19?,20+/m1/s1. The topological polar surface area (TPSA) is 140 Å². The highest BCUT2D eigenvalue weighted by atomic mass is 16.5. The van der Waals surface area contributed by atoms with Crippen molar-refractivity contribution >= 4 is 29.8 Å². The molecular weight excluding hydrogens is 482 g/mol. The maximum atomic E-state index is 13.2. The van der Waals surface area contributed by atoms with Gasteiger partial charge >= 0.3 is 18.0 Å². The molecule has 1 saturated heterocycles. The van der Waals surface area contributed by atoms with Gasteiger partial charge in [0.25, 0.3) is 5.91 Å². The first-order valence-corrected chi connectivity index (χ1v) is 11.7. The number of rotatable bonds is 11. The van der Waals surface area contributed by atoms with E-state index in [-0.39, 0.29) is 37.5 Å². The molecule has 2 N–H and O–H groups in total. The molecule has 11 heteroatoms. The fraction of sp³-hybridized carbons (Fsp3) is 0.346. The van der Waals surface area contributed by atoms with Crippen molar-refractivity contribution < 1.29 is 38.2 Å². The van der Waals surface area contributed by atoms with Gasteiger partial charge in [0.15, 0.2) is 0 Å². The van der Waals surface area contributed by atoms with Crippen LogP contribution >= 0.6 is 0 Å². The van der Waals surface area contributed by atoms with Gasteiger partial charge in [-0.25, -0.2) is 14.4 Å². The molecule has 0 spiro atoms. The van der Waals surface area contributed by atoms with Gasteiger partial charge in [0, 0.05) is 0 Å². The van der Waals surface area contributed by atoms with Crippen LogP contribution in [0, 0.1) is 0 Å². The van der Waals surface area contributed by atoms with Crippen LogP contribution in [0.2, 0.25) is 0 Å². The smallest absolute Gasteiger partial charge is 0.408 e. The van der Waals surface area contributed by atoms with Gasteiger partial charge in [0.1, 0.15) is 31.0 Å². The minimum absolute atomic E-state index is 0.0408. The Morgan fingerprint density at radius 3 is 2.38 bits per heavy atom. The molecule has 37 heavy (non-hydrogen) atoms. The first-order chi connectivity index (χ1) is 17.8. The number of hydrogen-bond donors (Lipinski definition) is 2. The van der Waals surface area contributed by atoms with E-state index in [1.54, 1.807) is 37.3 Å². The summed E-state index contributed by atoms with van der Waals surface area (Å²) in [6, 6.07) is 5.74. The second-order valence-corrected chi connectivity index (χ2v) is 8.11. The van der Waals surface area contributed by atoms with E-state index in [0.29, 0.717) is 12.0 Å². The highest BCUT2D eigenvalue weighted by Gasteiger charge is 2.55. The monoisotopic (exact) mass is 511 g/mol. The Hall–Kier alpha value is -4.41. The second kappa shape index (κ2) is 12.5. The molecule has 0 aromatic heterocycles. The van der Waals surface area contributed by atoms with E-state index in [9.17, 15) is 24.0 Å². The molecule has 3 rings (SSSR count). The molecule has 0 radical (unpaired) electrons. The number of fused-ring (bicyclic) bond motifs is 1. The lowest BCUT2D eigenvalue weighted by molar-refractivity contribution is -0.158. The fourth-order valence-electron chi connectivity index (χ4n) is 4.15. The number of β-lactam (4-membered cyclic amide) rings is 1. The van der Waals surface area contributed by atoms with Crippen molar-refractivity contribution in [3.05, 3.63) is 72.5 Å². The fourth-order valence-corrected chi connectivity index (χ4v) is 4.15. The molecule has 2 aliphatic rings. The maximum Gasteiger partial charge on any atom is 0.408 e. The van der Waals surface area contributed by atoms with Gasteiger partial charge in [-0.05, 0) is 25.3 Å². The Bertz CT molecular complexity index is 1110. The Morgan fingerprint density at radius 1 is 1.05 bits per heavy atom. The number of esters is 2. The molecular formula is C26H29N3O8. The largest absolute Gasteiger partial charge is 0.463 e. The van der Waals surface area contributed by atoms with Crippen molar-refractivity contribution in [3.63, 3.8) is 0 Å². The van der Waals surface area contributed by atoms with Gasteiger partial charge in [-0.2, -0.15) is 0 Å². The summed E-state index contributed by atoms with van der Waals surface area (Å²) < 4.78 is 15.1. The van der Waals surface area contributed by atoms with Crippen LogP contribution in [0.1, 0.15) is 31.4 Å². The Labute approximate surface area is 214 Å². The number of nitrogens with one attached hydrogen (secondary N) is 2. The Morgan fingerprint density at radius 2 is 1.73 bits per heavy atom. The van der Waals surface area contributed by atoms with Gasteiger partial charge in [0.05, 0.1) is 18.2 Å². The van der Waals surface area contributed by atoms with E-state index in [1.807, 2.05) is 0 Å². The third-order valence-corrected chi connectivity index (χ3v) is 5.77. The normalized spacial score (nSPS) is 18.9. The molecule has 1 aromatic carbocycles. The zero-order valence-corrected chi connectivity index (χ0v) is 20.4. The summed E-state index contributed by atoms with van der Waals surface area (Å²) >= 11 is 0. The van der Waals surface area contributed by atoms with Crippen molar-refractivity contribution in [2.75, 3.05) is 19.8 Å². The molecule has 1 aromatic rings. The highest BCUT2D eigenvalue weighted by Crippen LogP contribution is 2.38. The first kappa shape index (κ1) is 27.2. The predicted octanol–water partition coefficient (Wildman–Crippen LogP) is 1.68. The lowest BCUT2D eigenvalue weighted by Crippen LogP contribution is -2.72. The van der Waals surface area contributed by atoms with E-state index >= 15 is 0 Å². The van der Waals surface area contributed by atoms with Crippen molar-refractivity contribution in [3.8, 4) is 0 Å². The lowest BCUT2D eigenvalue weighted by Gasteiger charge is -2.50. The number of carbonyl (C=O) groups is 5. The third-order valence-electron chi connectivity index (χ3n) is 5.77. The molecule has 0 saturated carbocycles. The molecule has 1 fully saturated rings. The molecule has 3 atom stereocenters. The van der Waals surface area contributed by atoms with Crippen LogP contribution in [0.5, 0.6) is 0 Å². The average molecular weight is 512 g/mol. The molecule has 2 heterocycles. The van der Waals surface area contributed by atoms with E-state index < -0.39 is 48.0 Å². The van der Waals surface area contributed by atoms with Crippen molar-refractivity contribution in [2.45, 2.75) is 37.9 Å². The van der Waals surface area contributed by atoms with Crippen molar-refractivity contribution in [1.29, 1.82) is 0 Å². The second-order valence-electron chi connectivity index (χ2n) is 8.11. The zero-order chi connectivity index (χ0) is 26.9. The Balaban J connectivity index is 1.81. The molecule has 196 valence electrons. The number of nitrogens with zero attached hydrogens (tertiary/aromatic N) is 1. The van der Waals surface area contributed by atoms with Crippen LogP contribution < -0.4 is 10.6 Å². The summed E-state index contributed by atoms with van der Waals surface area (Å²) in [6.45, 7) is 8.53. The Kier molecular flexibility index (Phi) is 9.20. The highest BCUT2D eigenvalue weighted by molar-refractivity contribution is 6.07. The van der Waals surface area contributed by atoms with Crippen LogP contribution in [0.15, 0.2) is 66.9 Å². The summed E-state index contributed by atoms with van der Waals surface area (Å²) in [5.74, 6) is -2.81. The van der Waals surface area contributed by atoms with Gasteiger partial charge in [-0.15, -0.1) is 0 Å². The number of alkyl carbamates (subject to hydrolysis) is 1. The summed E-state index contributed by atoms with van der Waals surface area (Å²) in [5, 5.41) is 5.16. The summed E-state index contributed by atoms with van der Waals surface area (Å²) in [6.07, 6.45) is 2.36. The summed E-state index contributed by atoms with van der Waals surface area (Å²) in [4.78, 5) is 64.9. The quantitative estimate of drug-likeness (QED) is 0.198. The lowest BCUT2D eigenvalue weighted by atomic mass is 9.83. The summed E-state index contributed by atoms with van der Waals surface area (Å²) in [5.41, 5.74) is 0.317. The van der Waals surface area contributed by atoms with Gasteiger partial charge in [0.2, 0.25) is 5.91 Å². The van der Waals surface area contributed by atoms with Gasteiger partial charge in [-0.3, -0.25) is 14.5 Å². The number of hydrogen-bond acceptors (Lipinski definition) is 8. The molecule has 3 amide bonds. The number of benzene rings is 1. The van der Waals surface area contributed by atoms with E-state index in [2.05, 4.69) is 23.8 Å². The molecule has 0 aliphatic carbocycles. The minimum atomic E-state index is -1.15. The predicted molar refractivity (Wildman–Crippen MR) is 130 cm³/mol. The van der Waals surface area contributed by atoms with Gasteiger partial charge < -0.3 is 24.8 Å². The number of amides is 3. The molecule has 0 bridgehead atoms. The summed E-state index contributed by atoms with van der Waals surface area (Å²) in [7, 11) is 0. The van der Waals surface area contributed by atoms with Crippen LogP contribution in [0.4, 0.5) is 4.79 Å². The molecule has 1 unspecified atom stereocenters. The van der Waals surface area contributed by atoms with Crippen LogP contribution in [-0.2, 0) is 33.4 Å². The maximum absolute atomic E-state index is 13.2. The van der Waals surface area contributed by atoms with Crippen molar-refractivity contribution in [1.82, 2.24) is 15.5 Å². The van der Waals surface area contributed by atoms with Crippen LogP contribution in [0.3, 0.4) is 0 Å². The van der Waals surface area contributed by atoms with Crippen molar-refractivity contribution in [2.24, 2.45) is 0 Å². The molecule has 2 aliphatic heterocycles. The van der Waals surface area contributed by atoms with Gasteiger partial charge in [-0.1, -0.05) is 55.6 Å². The first-order valence-electron chi connectivity index (χ1n) is 11.7. The zero-order valence-electron chi connectivity index (χ0n) is 20.4. The van der Waals surface area contributed by atoms with E-state index in [4.69, 9.17) is 14.2 Å². The number of carbonyl (C=O) groups excluding carboxylic acids is 5. The molecule has 11 nitrogen and oxygen atoms in total. The van der Waals surface area contributed by atoms with Crippen LogP contribution in [0.25, 0.3) is 0 Å². The SMILES string of the molecule is C=CCOC(=O)NC(C(=O)N[C@@H]1C(=O)N2C(C(=O)OCC=C)=C(C(=O)OCC)CC[C@H]12)c1ccccc1. The van der Waals surface area contributed by atoms with E-state index in [0.717, 1.165) is 4.90 Å².